The van der Waals surface area contributed by atoms with Crippen molar-refractivity contribution in [3.63, 3.8) is 0 Å². The van der Waals surface area contributed by atoms with Gasteiger partial charge in [-0.15, -0.1) is 6.42 Å². The minimum atomic E-state index is -0.337. The van der Waals surface area contributed by atoms with Crippen LogP contribution in [0.25, 0.3) is 10.9 Å². The zero-order valence-electron chi connectivity index (χ0n) is 8.59. The van der Waals surface area contributed by atoms with E-state index in [0.717, 1.165) is 10.9 Å². The Labute approximate surface area is 92.5 Å². The lowest BCUT2D eigenvalue weighted by Crippen LogP contribution is -2.24. The number of nitrogens with zero attached hydrogens (tertiary/aromatic N) is 2. The van der Waals surface area contributed by atoms with Crippen LogP contribution < -0.4 is 5.69 Å². The predicted octanol–water partition coefficient (Wildman–Crippen LogP) is 1.00. The van der Waals surface area contributed by atoms with Crippen LogP contribution in [-0.2, 0) is 11.5 Å². The number of hydrogen-bond acceptors (Lipinski definition) is 3. The van der Waals surface area contributed by atoms with Crippen molar-refractivity contribution in [2.24, 2.45) is 0 Å². The Kier molecular flexibility index (Phi) is 2.99. The average Bonchev–Trinajstić information content (AvgIpc) is 2.32. The summed E-state index contributed by atoms with van der Waals surface area (Å²) in [6.07, 6.45) is 6.62. The highest BCUT2D eigenvalue weighted by atomic mass is 16.5. The zero-order valence-corrected chi connectivity index (χ0v) is 8.59. The van der Waals surface area contributed by atoms with E-state index in [1.54, 1.807) is 6.20 Å². The monoisotopic (exact) mass is 214 g/mol. The van der Waals surface area contributed by atoms with Crippen LogP contribution in [0.2, 0.25) is 0 Å². The second-order valence-corrected chi connectivity index (χ2v) is 3.21. The van der Waals surface area contributed by atoms with Gasteiger partial charge < -0.3 is 4.74 Å². The Bertz CT molecular complexity index is 596. The number of aromatic nitrogens is 2. The van der Waals surface area contributed by atoms with Gasteiger partial charge in [0.2, 0.25) is 0 Å². The van der Waals surface area contributed by atoms with E-state index in [4.69, 9.17) is 11.2 Å². The van der Waals surface area contributed by atoms with Gasteiger partial charge in [0.1, 0.15) is 13.3 Å². The van der Waals surface area contributed by atoms with Crippen LogP contribution in [0.4, 0.5) is 0 Å². The molecule has 1 aromatic carbocycles. The molecule has 0 aliphatic heterocycles. The maximum atomic E-state index is 11.5. The van der Waals surface area contributed by atoms with Crippen LogP contribution in [0.1, 0.15) is 0 Å². The lowest BCUT2D eigenvalue weighted by atomic mass is 10.2. The minimum absolute atomic E-state index is 0.122. The summed E-state index contributed by atoms with van der Waals surface area (Å²) < 4.78 is 6.60. The molecule has 1 heterocycles. The minimum Gasteiger partial charge on any atom is -0.348 e. The quantitative estimate of drug-likeness (QED) is 0.565. The highest BCUT2D eigenvalue weighted by molar-refractivity contribution is 5.77. The van der Waals surface area contributed by atoms with Crippen LogP contribution in [0.3, 0.4) is 0 Å². The molecular formula is C12H10N2O2. The van der Waals surface area contributed by atoms with E-state index in [2.05, 4.69) is 10.9 Å². The molecule has 0 saturated carbocycles. The molecule has 0 saturated heterocycles. The van der Waals surface area contributed by atoms with E-state index in [1.807, 2.05) is 24.3 Å². The largest absolute Gasteiger partial charge is 0.349 e. The summed E-state index contributed by atoms with van der Waals surface area (Å²) in [6.45, 7) is 0.299. The molecule has 0 unspecified atom stereocenters. The molecule has 4 heteroatoms. The second-order valence-electron chi connectivity index (χ2n) is 3.21. The third-order valence-corrected chi connectivity index (χ3v) is 2.18. The maximum absolute atomic E-state index is 11.5. The number of ether oxygens (including phenoxy) is 1. The summed E-state index contributed by atoms with van der Waals surface area (Å²) in [5.74, 6) is 2.35. The first-order chi connectivity index (χ1) is 7.83. The molecule has 4 nitrogen and oxygen atoms in total. The van der Waals surface area contributed by atoms with E-state index in [9.17, 15) is 4.79 Å². The third kappa shape index (κ3) is 1.95. The SMILES string of the molecule is C#CCOCn1c(=O)ncc2ccccc21. The summed E-state index contributed by atoms with van der Waals surface area (Å²) >= 11 is 0. The number of benzene rings is 1. The Morgan fingerprint density at radius 1 is 1.44 bits per heavy atom. The van der Waals surface area contributed by atoms with Gasteiger partial charge in [0.25, 0.3) is 0 Å². The zero-order chi connectivity index (χ0) is 11.4. The van der Waals surface area contributed by atoms with Gasteiger partial charge in [-0.1, -0.05) is 24.1 Å². The summed E-state index contributed by atoms with van der Waals surface area (Å²) in [4.78, 5) is 15.3. The smallest absolute Gasteiger partial charge is 0.348 e. The highest BCUT2D eigenvalue weighted by Crippen LogP contribution is 2.09. The molecule has 80 valence electrons. The van der Waals surface area contributed by atoms with Crippen molar-refractivity contribution < 1.29 is 4.74 Å². The molecule has 0 aliphatic carbocycles. The molecule has 16 heavy (non-hydrogen) atoms. The van der Waals surface area contributed by atoms with E-state index in [1.165, 1.54) is 4.57 Å². The molecule has 0 spiro atoms. The van der Waals surface area contributed by atoms with Crippen LogP contribution in [0, 0.1) is 12.3 Å². The van der Waals surface area contributed by atoms with Crippen LogP contribution in [-0.4, -0.2) is 16.2 Å². The molecular weight excluding hydrogens is 204 g/mol. The Morgan fingerprint density at radius 3 is 3.06 bits per heavy atom. The fraction of sp³-hybridized carbons (Fsp3) is 0.167. The Morgan fingerprint density at radius 2 is 2.25 bits per heavy atom. The second kappa shape index (κ2) is 4.60. The molecule has 2 rings (SSSR count). The first-order valence-electron chi connectivity index (χ1n) is 4.78. The Hall–Kier alpha value is -2.12. The molecule has 0 amide bonds. The van der Waals surface area contributed by atoms with Crippen molar-refractivity contribution in [3.05, 3.63) is 40.9 Å². The number of hydrogen-bond donors (Lipinski definition) is 0. The van der Waals surface area contributed by atoms with E-state index in [0.29, 0.717) is 0 Å². The topological polar surface area (TPSA) is 44.1 Å². The molecule has 2 aromatic rings. The van der Waals surface area contributed by atoms with Crippen molar-refractivity contribution in [1.82, 2.24) is 9.55 Å². The molecule has 0 fully saturated rings. The molecule has 0 N–H and O–H groups in total. The van der Waals surface area contributed by atoms with Gasteiger partial charge in [0.15, 0.2) is 0 Å². The highest BCUT2D eigenvalue weighted by Gasteiger charge is 2.02. The van der Waals surface area contributed by atoms with E-state index in [-0.39, 0.29) is 19.0 Å². The van der Waals surface area contributed by atoms with Gasteiger partial charge in [0.05, 0.1) is 5.52 Å². The fourth-order valence-corrected chi connectivity index (χ4v) is 1.46. The van der Waals surface area contributed by atoms with Gasteiger partial charge in [-0.05, 0) is 6.07 Å². The number of rotatable bonds is 3. The molecule has 0 bridgehead atoms. The van der Waals surface area contributed by atoms with Crippen molar-refractivity contribution in [2.45, 2.75) is 6.73 Å². The van der Waals surface area contributed by atoms with Crippen molar-refractivity contribution in [3.8, 4) is 12.3 Å². The molecule has 0 atom stereocenters. The van der Waals surface area contributed by atoms with Crippen LogP contribution in [0.15, 0.2) is 35.3 Å². The fourth-order valence-electron chi connectivity index (χ4n) is 1.46. The number of para-hydroxylation sites is 1. The lowest BCUT2D eigenvalue weighted by Gasteiger charge is -2.08. The van der Waals surface area contributed by atoms with Crippen LogP contribution >= 0.6 is 0 Å². The van der Waals surface area contributed by atoms with Gasteiger partial charge in [-0.3, -0.25) is 4.57 Å². The summed E-state index contributed by atoms with van der Waals surface area (Å²) in [5.41, 5.74) is 0.454. The standard InChI is InChI=1S/C12H10N2O2/c1-2-7-16-9-14-11-6-4-3-5-10(11)8-13-12(14)15/h1,3-6,8H,7,9H2. The average molecular weight is 214 g/mol. The summed E-state index contributed by atoms with van der Waals surface area (Å²) in [7, 11) is 0. The van der Waals surface area contributed by atoms with Crippen molar-refractivity contribution in [2.75, 3.05) is 6.61 Å². The van der Waals surface area contributed by atoms with E-state index < -0.39 is 0 Å². The van der Waals surface area contributed by atoms with Gasteiger partial charge >= 0.3 is 5.69 Å². The first kappa shape index (κ1) is 10.4. The Balaban J connectivity index is 2.46. The maximum Gasteiger partial charge on any atom is 0.349 e. The molecule has 1 aromatic heterocycles. The first-order valence-corrected chi connectivity index (χ1v) is 4.78. The van der Waals surface area contributed by atoms with Crippen LogP contribution in [0.5, 0.6) is 0 Å². The van der Waals surface area contributed by atoms with Crippen molar-refractivity contribution >= 4 is 10.9 Å². The molecule has 0 aliphatic rings. The molecule has 0 radical (unpaired) electrons. The lowest BCUT2D eigenvalue weighted by molar-refractivity contribution is 0.104. The van der Waals surface area contributed by atoms with Gasteiger partial charge in [-0.2, -0.15) is 0 Å². The summed E-state index contributed by atoms with van der Waals surface area (Å²) in [5, 5.41) is 0.895. The summed E-state index contributed by atoms with van der Waals surface area (Å²) in [6, 6.07) is 7.48. The predicted molar refractivity (Wildman–Crippen MR) is 60.8 cm³/mol. The third-order valence-electron chi connectivity index (χ3n) is 2.18. The number of terminal acetylenes is 1. The van der Waals surface area contributed by atoms with Gasteiger partial charge in [-0.25, -0.2) is 9.78 Å². The number of fused-ring (bicyclic) bond motifs is 1. The van der Waals surface area contributed by atoms with E-state index >= 15 is 0 Å². The normalized spacial score (nSPS) is 10.2. The van der Waals surface area contributed by atoms with Gasteiger partial charge in [0, 0.05) is 11.6 Å². The van der Waals surface area contributed by atoms with Crippen molar-refractivity contribution in [1.29, 1.82) is 0 Å².